The average Bonchev–Trinajstić information content (AvgIpc) is 2.79. The Hall–Kier alpha value is -1.89. The molecule has 0 saturated heterocycles. The second-order valence-corrected chi connectivity index (χ2v) is 6.00. The summed E-state index contributed by atoms with van der Waals surface area (Å²) in [6, 6.07) is 4.95. The summed E-state index contributed by atoms with van der Waals surface area (Å²) in [5, 5.41) is 12.9. The number of fused-ring (bicyclic) bond motifs is 1. The molecule has 0 radical (unpaired) electrons. The highest BCUT2D eigenvalue weighted by Gasteiger charge is 2.18. The van der Waals surface area contributed by atoms with Crippen LogP contribution in [0.25, 0.3) is 11.0 Å². The van der Waals surface area contributed by atoms with Gasteiger partial charge in [0.05, 0.1) is 20.9 Å². The molecule has 5 nitrogen and oxygen atoms in total. The smallest absolute Gasteiger partial charge is 0.314 e. The number of halogens is 1. The van der Waals surface area contributed by atoms with Gasteiger partial charge in [-0.3, -0.25) is 9.59 Å². The van der Waals surface area contributed by atoms with Gasteiger partial charge in [0.1, 0.15) is 6.10 Å². The lowest BCUT2D eigenvalue weighted by Gasteiger charge is -2.11. The lowest BCUT2D eigenvalue weighted by Crippen LogP contribution is -2.28. The first-order valence-corrected chi connectivity index (χ1v) is 7.41. The number of aromatic nitrogens is 2. The van der Waals surface area contributed by atoms with Crippen molar-refractivity contribution in [3.05, 3.63) is 65.3 Å². The molecular formula is C14H11ClN2O3S. The summed E-state index contributed by atoms with van der Waals surface area (Å²) in [6.45, 7) is 1.87. The molecule has 21 heavy (non-hydrogen) atoms. The molecule has 1 aromatic carbocycles. The first kappa shape index (κ1) is 14.1. The number of hydrogen-bond acceptors (Lipinski definition) is 4. The van der Waals surface area contributed by atoms with E-state index in [-0.39, 0.29) is 0 Å². The number of aryl methyl sites for hydroxylation is 1. The van der Waals surface area contributed by atoms with Crippen LogP contribution in [0.1, 0.15) is 22.1 Å². The molecule has 1 atom stereocenters. The predicted octanol–water partition coefficient (Wildman–Crippen LogP) is 2.32. The van der Waals surface area contributed by atoms with Crippen molar-refractivity contribution in [1.29, 1.82) is 0 Å². The molecule has 108 valence electrons. The molecule has 0 fully saturated rings. The van der Waals surface area contributed by atoms with E-state index in [0.29, 0.717) is 26.5 Å². The highest BCUT2D eigenvalue weighted by molar-refractivity contribution is 7.10. The molecule has 0 aliphatic rings. The topological polar surface area (TPSA) is 85.9 Å². The van der Waals surface area contributed by atoms with Gasteiger partial charge in [0.2, 0.25) is 0 Å². The van der Waals surface area contributed by atoms with Crippen molar-refractivity contribution < 1.29 is 5.11 Å². The van der Waals surface area contributed by atoms with E-state index in [4.69, 9.17) is 11.6 Å². The molecule has 1 unspecified atom stereocenters. The minimum atomic E-state index is -0.879. The summed E-state index contributed by atoms with van der Waals surface area (Å²) in [4.78, 5) is 28.2. The van der Waals surface area contributed by atoms with Gasteiger partial charge >= 0.3 is 11.1 Å². The number of hydrogen-bond donors (Lipinski definition) is 3. The van der Waals surface area contributed by atoms with Gasteiger partial charge in [-0.1, -0.05) is 17.7 Å². The number of nitrogens with one attached hydrogen (secondary N) is 2. The maximum atomic E-state index is 11.4. The number of aromatic amines is 2. The first-order chi connectivity index (χ1) is 9.97. The average molecular weight is 323 g/mol. The summed E-state index contributed by atoms with van der Waals surface area (Å²) < 4.78 is 0. The Kier molecular flexibility index (Phi) is 3.44. The molecule has 0 saturated carbocycles. The summed E-state index contributed by atoms with van der Waals surface area (Å²) in [7, 11) is 0. The molecule has 0 spiro atoms. The van der Waals surface area contributed by atoms with Gasteiger partial charge in [-0.2, -0.15) is 0 Å². The van der Waals surface area contributed by atoms with Gasteiger partial charge in [-0.25, -0.2) is 0 Å². The molecule has 0 bridgehead atoms. The lowest BCUT2D eigenvalue weighted by atomic mass is 10.1. The molecule has 2 aromatic heterocycles. The molecule has 3 aromatic rings. The van der Waals surface area contributed by atoms with Crippen LogP contribution in [-0.2, 0) is 0 Å². The largest absolute Gasteiger partial charge is 0.383 e. The fourth-order valence-electron chi connectivity index (χ4n) is 2.09. The van der Waals surface area contributed by atoms with Crippen molar-refractivity contribution in [2.24, 2.45) is 0 Å². The molecule has 0 aliphatic heterocycles. The minimum absolute atomic E-state index is 0.459. The van der Waals surface area contributed by atoms with Crippen LogP contribution in [0.4, 0.5) is 0 Å². The van der Waals surface area contributed by atoms with Crippen molar-refractivity contribution >= 4 is 34.0 Å². The van der Waals surface area contributed by atoms with E-state index in [0.717, 1.165) is 5.56 Å². The van der Waals surface area contributed by atoms with Crippen LogP contribution in [0.5, 0.6) is 0 Å². The fraction of sp³-hybridized carbons (Fsp3) is 0.143. The van der Waals surface area contributed by atoms with Gasteiger partial charge in [-0.05, 0) is 35.6 Å². The van der Waals surface area contributed by atoms with Crippen LogP contribution in [0.3, 0.4) is 0 Å². The fourth-order valence-corrected chi connectivity index (χ4v) is 3.40. The lowest BCUT2D eigenvalue weighted by molar-refractivity contribution is 0.224. The molecule has 3 rings (SSSR count). The van der Waals surface area contributed by atoms with E-state index >= 15 is 0 Å². The zero-order chi connectivity index (χ0) is 15.1. The Bertz CT molecular complexity index is 941. The number of thiophene rings is 1. The predicted molar refractivity (Wildman–Crippen MR) is 83.3 cm³/mol. The Morgan fingerprint density at radius 2 is 1.86 bits per heavy atom. The third-order valence-corrected chi connectivity index (χ3v) is 5.00. The van der Waals surface area contributed by atoms with Crippen LogP contribution >= 0.6 is 22.9 Å². The number of benzene rings is 1. The molecule has 3 N–H and O–H groups in total. The quantitative estimate of drug-likeness (QED) is 0.633. The van der Waals surface area contributed by atoms with E-state index in [2.05, 4.69) is 9.97 Å². The Morgan fingerprint density at radius 1 is 1.19 bits per heavy atom. The summed E-state index contributed by atoms with van der Waals surface area (Å²) in [5.41, 5.74) is 1.04. The van der Waals surface area contributed by atoms with Crippen molar-refractivity contribution in [3.8, 4) is 0 Å². The SMILES string of the molecule is Cc1csc(C(O)c2ccc3[nH]c(=O)c(=O)[nH]c3c2)c1Cl. The van der Waals surface area contributed by atoms with Gasteiger partial charge in [-0.15, -0.1) is 11.3 Å². The highest BCUT2D eigenvalue weighted by atomic mass is 35.5. The van der Waals surface area contributed by atoms with E-state index in [1.54, 1.807) is 18.2 Å². The second-order valence-electron chi connectivity index (χ2n) is 4.71. The molecule has 0 amide bonds. The van der Waals surface area contributed by atoms with Gasteiger partial charge in [0.25, 0.3) is 0 Å². The third kappa shape index (κ3) is 2.42. The standard InChI is InChI=1S/C14H11ClN2O3S/c1-6-5-21-12(10(6)15)11(18)7-2-3-8-9(4-7)17-14(20)13(19)16-8/h2-5,11,18H,1H3,(H,16,19)(H,17,20). The van der Waals surface area contributed by atoms with Gasteiger partial charge in [0, 0.05) is 0 Å². The van der Waals surface area contributed by atoms with E-state index in [1.807, 2.05) is 12.3 Å². The molecule has 7 heteroatoms. The van der Waals surface area contributed by atoms with Crippen LogP contribution < -0.4 is 11.1 Å². The normalized spacial score (nSPS) is 12.7. The summed E-state index contributed by atoms with van der Waals surface area (Å²) >= 11 is 7.54. The Labute approximate surface area is 127 Å². The van der Waals surface area contributed by atoms with E-state index in [1.165, 1.54) is 11.3 Å². The van der Waals surface area contributed by atoms with Crippen LogP contribution in [0, 0.1) is 6.92 Å². The number of rotatable bonds is 2. The number of aliphatic hydroxyl groups is 1. The van der Waals surface area contributed by atoms with Gasteiger partial charge < -0.3 is 15.1 Å². The molecular weight excluding hydrogens is 312 g/mol. The summed E-state index contributed by atoms with van der Waals surface area (Å²) in [5.74, 6) is 0. The third-order valence-electron chi connectivity index (χ3n) is 3.24. The molecule has 0 aliphatic carbocycles. The van der Waals surface area contributed by atoms with Crippen LogP contribution in [0.2, 0.25) is 5.02 Å². The number of aliphatic hydroxyl groups excluding tert-OH is 1. The van der Waals surface area contributed by atoms with Crippen molar-refractivity contribution in [2.45, 2.75) is 13.0 Å². The zero-order valence-electron chi connectivity index (χ0n) is 10.9. The zero-order valence-corrected chi connectivity index (χ0v) is 12.5. The monoisotopic (exact) mass is 322 g/mol. The Balaban J connectivity index is 2.12. The second kappa shape index (κ2) is 5.14. The van der Waals surface area contributed by atoms with Crippen LogP contribution in [-0.4, -0.2) is 15.1 Å². The van der Waals surface area contributed by atoms with Crippen molar-refractivity contribution in [3.63, 3.8) is 0 Å². The minimum Gasteiger partial charge on any atom is -0.383 e. The van der Waals surface area contributed by atoms with Crippen molar-refractivity contribution in [1.82, 2.24) is 9.97 Å². The summed E-state index contributed by atoms with van der Waals surface area (Å²) in [6.07, 6.45) is -0.879. The van der Waals surface area contributed by atoms with Gasteiger partial charge in [0.15, 0.2) is 0 Å². The Morgan fingerprint density at radius 3 is 2.48 bits per heavy atom. The maximum absolute atomic E-state index is 11.4. The van der Waals surface area contributed by atoms with Crippen molar-refractivity contribution in [2.75, 3.05) is 0 Å². The maximum Gasteiger partial charge on any atom is 0.314 e. The highest BCUT2D eigenvalue weighted by Crippen LogP contribution is 2.35. The number of H-pyrrole nitrogens is 2. The van der Waals surface area contributed by atoms with Crippen LogP contribution in [0.15, 0.2) is 33.2 Å². The van der Waals surface area contributed by atoms with E-state index in [9.17, 15) is 14.7 Å². The van der Waals surface area contributed by atoms with E-state index < -0.39 is 17.2 Å². The molecule has 2 heterocycles. The first-order valence-electron chi connectivity index (χ1n) is 6.15.